The number of carbonyl (C=O) groups is 2. The lowest BCUT2D eigenvalue weighted by atomic mass is 9.85. The topological polar surface area (TPSA) is 85.1 Å². The molecule has 7 nitrogen and oxygen atoms in total. The van der Waals surface area contributed by atoms with Crippen molar-refractivity contribution >= 4 is 17.5 Å². The van der Waals surface area contributed by atoms with E-state index in [0.29, 0.717) is 31.0 Å². The number of anilines is 1. The van der Waals surface area contributed by atoms with Gasteiger partial charge in [0.05, 0.1) is 26.7 Å². The summed E-state index contributed by atoms with van der Waals surface area (Å²) >= 11 is 0. The van der Waals surface area contributed by atoms with Gasteiger partial charge in [0.1, 0.15) is 0 Å². The van der Waals surface area contributed by atoms with Gasteiger partial charge in [-0.2, -0.15) is 0 Å². The van der Waals surface area contributed by atoms with Gasteiger partial charge in [0.25, 0.3) is 0 Å². The van der Waals surface area contributed by atoms with E-state index < -0.39 is 0 Å². The smallest absolute Gasteiger partial charge is 0.242 e. The van der Waals surface area contributed by atoms with Crippen molar-refractivity contribution in [3.8, 4) is 11.5 Å². The molecule has 2 aliphatic heterocycles. The van der Waals surface area contributed by atoms with Crippen molar-refractivity contribution in [1.29, 1.82) is 0 Å². The molecule has 0 fully saturated rings. The summed E-state index contributed by atoms with van der Waals surface area (Å²) in [7, 11) is 3.24. The number of primary amides is 1. The molecule has 2 aromatic rings. The van der Waals surface area contributed by atoms with E-state index in [1.165, 1.54) is 5.56 Å². The summed E-state index contributed by atoms with van der Waals surface area (Å²) in [6, 6.07) is 11.8. The number of benzene rings is 2. The zero-order valence-electron chi connectivity index (χ0n) is 18.3. The first kappa shape index (κ1) is 21.0. The minimum absolute atomic E-state index is 0.0396. The second-order valence-electron chi connectivity index (χ2n) is 8.27. The summed E-state index contributed by atoms with van der Waals surface area (Å²) in [5.41, 5.74) is 9.73. The first-order valence-corrected chi connectivity index (χ1v) is 10.6. The molecule has 0 bridgehead atoms. The Bertz CT molecular complexity index is 1010. The fraction of sp³-hybridized carbons (Fsp3) is 0.417. The van der Waals surface area contributed by atoms with E-state index in [-0.39, 0.29) is 30.3 Å². The van der Waals surface area contributed by atoms with Gasteiger partial charge in [-0.25, -0.2) is 0 Å². The highest BCUT2D eigenvalue weighted by molar-refractivity contribution is 5.87. The molecular formula is C24H29N3O4. The fourth-order valence-corrected chi connectivity index (χ4v) is 4.73. The molecule has 2 heterocycles. The maximum atomic E-state index is 13.3. The first-order valence-electron chi connectivity index (χ1n) is 10.6. The zero-order valence-corrected chi connectivity index (χ0v) is 18.3. The van der Waals surface area contributed by atoms with Crippen LogP contribution in [0.3, 0.4) is 0 Å². The van der Waals surface area contributed by atoms with Gasteiger partial charge in [0.2, 0.25) is 11.8 Å². The molecule has 0 radical (unpaired) electrons. The molecule has 0 aromatic heterocycles. The Balaban J connectivity index is 1.54. The lowest BCUT2D eigenvalue weighted by molar-refractivity contribution is -0.130. The van der Waals surface area contributed by atoms with Crippen LogP contribution in [-0.2, 0) is 22.6 Å². The van der Waals surface area contributed by atoms with Gasteiger partial charge >= 0.3 is 0 Å². The number of methoxy groups -OCH3 is 2. The summed E-state index contributed by atoms with van der Waals surface area (Å²) in [5.74, 6) is 0.819. The van der Waals surface area contributed by atoms with Gasteiger partial charge in [0.15, 0.2) is 11.5 Å². The molecule has 2 aromatic carbocycles. The Labute approximate surface area is 182 Å². The Hall–Kier alpha value is -3.22. The minimum Gasteiger partial charge on any atom is -0.493 e. The minimum atomic E-state index is -0.318. The molecule has 4 rings (SSSR count). The lowest BCUT2D eigenvalue weighted by Crippen LogP contribution is -2.48. The largest absolute Gasteiger partial charge is 0.493 e. The fourth-order valence-electron chi connectivity index (χ4n) is 4.73. The summed E-state index contributed by atoms with van der Waals surface area (Å²) in [6.07, 6.45) is 1.39. The normalized spacial score (nSPS) is 20.0. The van der Waals surface area contributed by atoms with E-state index >= 15 is 0 Å². The average molecular weight is 424 g/mol. The molecule has 0 unspecified atom stereocenters. The van der Waals surface area contributed by atoms with E-state index in [9.17, 15) is 9.59 Å². The maximum absolute atomic E-state index is 13.3. The number of nitrogens with zero attached hydrogens (tertiary/aromatic N) is 2. The van der Waals surface area contributed by atoms with Crippen LogP contribution in [0, 0.1) is 0 Å². The molecule has 2 aliphatic rings. The van der Waals surface area contributed by atoms with Crippen LogP contribution in [0.4, 0.5) is 5.69 Å². The highest BCUT2D eigenvalue weighted by atomic mass is 16.5. The number of carbonyl (C=O) groups excluding carboxylic acids is 2. The van der Waals surface area contributed by atoms with Crippen LogP contribution in [-0.4, -0.2) is 50.1 Å². The molecule has 31 heavy (non-hydrogen) atoms. The third-order valence-electron chi connectivity index (χ3n) is 6.45. The van der Waals surface area contributed by atoms with Crippen molar-refractivity contribution in [3.05, 3.63) is 53.1 Å². The van der Waals surface area contributed by atoms with Gasteiger partial charge in [-0.15, -0.1) is 0 Å². The molecule has 2 N–H and O–H groups in total. The van der Waals surface area contributed by atoms with Gasteiger partial charge in [-0.05, 0) is 54.7 Å². The first-order chi connectivity index (χ1) is 14.9. The molecular weight excluding hydrogens is 394 g/mol. The van der Waals surface area contributed by atoms with Crippen LogP contribution in [0.25, 0.3) is 0 Å². The standard InChI is InChI=1S/C24H29N3O4/c1-15-10-19(24(25)29)18-6-4-5-7-20(18)27(15)14-23(28)26-9-8-16-11-21(30-2)22(31-3)12-17(16)13-26/h4-7,11-12,15,19H,8-10,13-14H2,1-3H3,(H2,25,29)/t15-,19+/m0/s1. The van der Waals surface area contributed by atoms with Gasteiger partial charge in [0, 0.05) is 24.8 Å². The second-order valence-corrected chi connectivity index (χ2v) is 8.27. The Morgan fingerprint density at radius 2 is 1.77 bits per heavy atom. The number of para-hydroxylation sites is 1. The van der Waals surface area contributed by atoms with Gasteiger partial charge < -0.3 is 25.0 Å². The van der Waals surface area contributed by atoms with E-state index in [4.69, 9.17) is 15.2 Å². The molecule has 0 saturated carbocycles. The lowest BCUT2D eigenvalue weighted by Gasteiger charge is -2.41. The van der Waals surface area contributed by atoms with Crippen molar-refractivity contribution < 1.29 is 19.1 Å². The van der Waals surface area contributed by atoms with E-state index in [1.54, 1.807) is 14.2 Å². The quantitative estimate of drug-likeness (QED) is 0.799. The van der Waals surface area contributed by atoms with E-state index in [0.717, 1.165) is 23.2 Å². The number of ether oxygens (including phenoxy) is 2. The predicted octanol–water partition coefficient (Wildman–Crippen LogP) is 2.46. The number of nitrogens with two attached hydrogens (primary N) is 1. The summed E-state index contributed by atoms with van der Waals surface area (Å²) in [6.45, 7) is 3.52. The number of amides is 2. The van der Waals surface area contributed by atoms with E-state index in [2.05, 4.69) is 4.90 Å². The van der Waals surface area contributed by atoms with Crippen molar-refractivity contribution in [2.75, 3.05) is 32.2 Å². The number of fused-ring (bicyclic) bond motifs is 2. The second kappa shape index (κ2) is 8.49. The Kier molecular flexibility index (Phi) is 5.76. The van der Waals surface area contributed by atoms with Crippen molar-refractivity contribution in [2.45, 2.75) is 38.3 Å². The number of rotatable bonds is 5. The van der Waals surface area contributed by atoms with Crippen LogP contribution in [0.15, 0.2) is 36.4 Å². The summed E-state index contributed by atoms with van der Waals surface area (Å²) in [4.78, 5) is 29.2. The van der Waals surface area contributed by atoms with Crippen LogP contribution in [0.1, 0.15) is 36.0 Å². The van der Waals surface area contributed by atoms with Crippen LogP contribution in [0.2, 0.25) is 0 Å². The average Bonchev–Trinajstić information content (AvgIpc) is 2.78. The predicted molar refractivity (Wildman–Crippen MR) is 118 cm³/mol. The maximum Gasteiger partial charge on any atom is 0.242 e. The molecule has 7 heteroatoms. The monoisotopic (exact) mass is 423 g/mol. The van der Waals surface area contributed by atoms with Crippen LogP contribution in [0.5, 0.6) is 11.5 Å². The van der Waals surface area contributed by atoms with Crippen LogP contribution >= 0.6 is 0 Å². The molecule has 2 atom stereocenters. The van der Waals surface area contributed by atoms with Crippen molar-refractivity contribution in [3.63, 3.8) is 0 Å². The Morgan fingerprint density at radius 3 is 2.45 bits per heavy atom. The SMILES string of the molecule is COc1cc2c(cc1OC)CN(C(=O)CN1c3ccccc3[C@H](C(N)=O)C[C@@H]1C)CC2. The summed E-state index contributed by atoms with van der Waals surface area (Å²) < 4.78 is 10.8. The van der Waals surface area contributed by atoms with E-state index in [1.807, 2.05) is 48.2 Å². The number of hydrogen-bond acceptors (Lipinski definition) is 5. The van der Waals surface area contributed by atoms with Gasteiger partial charge in [-0.1, -0.05) is 18.2 Å². The molecule has 0 saturated heterocycles. The summed E-state index contributed by atoms with van der Waals surface area (Å²) in [5, 5.41) is 0. The highest BCUT2D eigenvalue weighted by Gasteiger charge is 2.34. The van der Waals surface area contributed by atoms with Gasteiger partial charge in [-0.3, -0.25) is 9.59 Å². The molecule has 0 aliphatic carbocycles. The Morgan fingerprint density at radius 1 is 1.10 bits per heavy atom. The number of hydrogen-bond donors (Lipinski definition) is 1. The third-order valence-corrected chi connectivity index (χ3v) is 6.45. The molecule has 164 valence electrons. The molecule has 2 amide bonds. The zero-order chi connectivity index (χ0) is 22.1. The van der Waals surface area contributed by atoms with Crippen molar-refractivity contribution in [1.82, 2.24) is 4.90 Å². The third kappa shape index (κ3) is 3.92. The van der Waals surface area contributed by atoms with Crippen LogP contribution < -0.4 is 20.1 Å². The van der Waals surface area contributed by atoms with Crippen molar-refractivity contribution in [2.24, 2.45) is 5.73 Å². The highest BCUT2D eigenvalue weighted by Crippen LogP contribution is 2.38. The molecule has 0 spiro atoms.